The van der Waals surface area contributed by atoms with Gasteiger partial charge in [-0.05, 0) is 19.3 Å². The number of nitrogens with zero attached hydrogens (tertiary/aromatic N) is 2. The minimum Gasteiger partial charge on any atom is -0.320 e. The van der Waals surface area contributed by atoms with Crippen LogP contribution in [0.2, 0.25) is 0 Å². The van der Waals surface area contributed by atoms with Gasteiger partial charge in [-0.2, -0.15) is 0 Å². The van der Waals surface area contributed by atoms with Crippen LogP contribution in [0.25, 0.3) is 0 Å². The molecule has 6 nitrogen and oxygen atoms in total. The van der Waals surface area contributed by atoms with Gasteiger partial charge in [-0.3, -0.25) is 9.59 Å². The van der Waals surface area contributed by atoms with Gasteiger partial charge in [0.05, 0.1) is 6.20 Å². The minimum absolute atomic E-state index is 0.0411. The van der Waals surface area contributed by atoms with Crippen molar-refractivity contribution in [1.29, 1.82) is 0 Å². The van der Waals surface area contributed by atoms with Crippen LogP contribution in [0.4, 0.5) is 5.69 Å². The largest absolute Gasteiger partial charge is 0.320 e. The summed E-state index contributed by atoms with van der Waals surface area (Å²) >= 11 is 0. The maximum Gasteiger partial charge on any atom is 0.290 e. The summed E-state index contributed by atoms with van der Waals surface area (Å²) in [6.45, 7) is 6.55. The lowest BCUT2D eigenvalue weighted by Crippen LogP contribution is -2.37. The van der Waals surface area contributed by atoms with E-state index in [0.717, 1.165) is 32.1 Å². The summed E-state index contributed by atoms with van der Waals surface area (Å²) in [6.07, 6.45) is 18.4. The van der Waals surface area contributed by atoms with Crippen LogP contribution in [0.5, 0.6) is 0 Å². The highest BCUT2D eigenvalue weighted by Crippen LogP contribution is 2.36. The Morgan fingerprint density at radius 2 is 1.41 bits per heavy atom. The first-order valence-corrected chi connectivity index (χ1v) is 11.8. The predicted molar refractivity (Wildman–Crippen MR) is 120 cm³/mol. The lowest BCUT2D eigenvalue weighted by molar-refractivity contribution is -0.127. The van der Waals surface area contributed by atoms with Gasteiger partial charge in [0.15, 0.2) is 0 Å². The van der Waals surface area contributed by atoms with Gasteiger partial charge >= 0.3 is 0 Å². The van der Waals surface area contributed by atoms with Crippen LogP contribution in [0.15, 0.2) is 11.0 Å². The highest BCUT2D eigenvalue weighted by Gasteiger charge is 2.35. The molecule has 0 aliphatic carbocycles. The molecule has 1 amide bonds. The fourth-order valence-corrected chi connectivity index (χ4v) is 3.98. The van der Waals surface area contributed by atoms with E-state index in [1.165, 1.54) is 70.4 Å². The minimum atomic E-state index is -0.411. The summed E-state index contributed by atoms with van der Waals surface area (Å²) in [6, 6.07) is 0. The van der Waals surface area contributed by atoms with Gasteiger partial charge in [0.1, 0.15) is 5.69 Å². The van der Waals surface area contributed by atoms with Gasteiger partial charge in [0.2, 0.25) is 5.91 Å². The summed E-state index contributed by atoms with van der Waals surface area (Å²) in [5.41, 5.74) is -0.628. The zero-order valence-electron chi connectivity index (χ0n) is 18.9. The molecule has 0 atom stereocenters. The second-order valence-electron chi connectivity index (χ2n) is 8.32. The molecule has 1 aromatic heterocycles. The monoisotopic (exact) mass is 406 g/mol. The molecule has 6 heteroatoms. The molecule has 0 aliphatic rings. The van der Waals surface area contributed by atoms with Crippen molar-refractivity contribution in [3.05, 3.63) is 16.6 Å². The van der Waals surface area contributed by atoms with Crippen molar-refractivity contribution in [2.45, 2.75) is 117 Å². The Kier molecular flexibility index (Phi) is 13.2. The van der Waals surface area contributed by atoms with E-state index in [1.54, 1.807) is 0 Å². The second kappa shape index (κ2) is 15.2. The van der Waals surface area contributed by atoms with Crippen LogP contribution in [0.3, 0.4) is 0 Å². The van der Waals surface area contributed by atoms with E-state index in [4.69, 9.17) is 0 Å². The molecular weight excluding hydrogens is 364 g/mol. The molecule has 0 saturated heterocycles. The number of carbonyl (C=O) groups excluding carboxylic acids is 1. The Bertz CT molecular complexity index is 599. The third kappa shape index (κ3) is 9.55. The third-order valence-corrected chi connectivity index (χ3v) is 6.07. The lowest BCUT2D eigenvalue weighted by Gasteiger charge is -2.31. The molecule has 2 N–H and O–H groups in total. The van der Waals surface area contributed by atoms with Gasteiger partial charge in [0, 0.05) is 5.41 Å². The Labute approximate surface area is 176 Å². The maximum absolute atomic E-state index is 13.2. The lowest BCUT2D eigenvalue weighted by atomic mass is 9.74. The van der Waals surface area contributed by atoms with E-state index < -0.39 is 11.0 Å². The fraction of sp³-hybridized carbons (Fsp3) is 0.826. The number of amides is 1. The van der Waals surface area contributed by atoms with E-state index in [-0.39, 0.29) is 11.6 Å². The molecule has 0 unspecified atom stereocenters. The number of hydrogen-bond acceptors (Lipinski definition) is 4. The Morgan fingerprint density at radius 3 is 1.90 bits per heavy atom. The molecule has 0 bridgehead atoms. The Morgan fingerprint density at radius 1 is 0.897 bits per heavy atom. The van der Waals surface area contributed by atoms with Gasteiger partial charge in [0.25, 0.3) is 5.56 Å². The third-order valence-electron chi connectivity index (χ3n) is 6.07. The van der Waals surface area contributed by atoms with E-state index >= 15 is 0 Å². The van der Waals surface area contributed by atoms with E-state index in [2.05, 4.69) is 41.5 Å². The molecule has 29 heavy (non-hydrogen) atoms. The number of hydrogen-bond donors (Lipinski definition) is 2. The first kappa shape index (κ1) is 25.3. The predicted octanol–water partition coefficient (Wildman–Crippen LogP) is 6.00. The van der Waals surface area contributed by atoms with Crippen LogP contribution < -0.4 is 10.9 Å². The summed E-state index contributed by atoms with van der Waals surface area (Å²) < 4.78 is 0. The quantitative estimate of drug-likeness (QED) is 0.310. The highest BCUT2D eigenvalue weighted by atomic mass is 16.2. The SMILES string of the molecule is CCCCCCCCC(CC)(CCCCCCCC)C(=O)Nc1cnn[nH]c1=O. The van der Waals surface area contributed by atoms with Crippen molar-refractivity contribution in [2.24, 2.45) is 5.41 Å². The molecule has 0 aliphatic heterocycles. The normalized spacial score (nSPS) is 11.6. The average molecular weight is 407 g/mol. The first-order valence-electron chi connectivity index (χ1n) is 11.8. The van der Waals surface area contributed by atoms with Crippen LogP contribution in [0.1, 0.15) is 117 Å². The molecule has 0 saturated carbocycles. The van der Waals surface area contributed by atoms with E-state index in [0.29, 0.717) is 0 Å². The Hall–Kier alpha value is -1.72. The molecule has 1 heterocycles. The van der Waals surface area contributed by atoms with Crippen molar-refractivity contribution in [1.82, 2.24) is 15.4 Å². The van der Waals surface area contributed by atoms with Crippen LogP contribution in [-0.2, 0) is 4.79 Å². The number of anilines is 1. The molecule has 1 rings (SSSR count). The van der Waals surface area contributed by atoms with E-state index in [1.807, 2.05) is 0 Å². The van der Waals surface area contributed by atoms with Gasteiger partial charge in [-0.25, -0.2) is 5.10 Å². The molecule has 1 aromatic rings. The topological polar surface area (TPSA) is 87.7 Å². The average Bonchev–Trinajstić information content (AvgIpc) is 2.73. The highest BCUT2D eigenvalue weighted by molar-refractivity contribution is 5.94. The number of nitrogens with one attached hydrogen (secondary N) is 2. The number of carbonyl (C=O) groups is 1. The number of aromatic nitrogens is 3. The van der Waals surface area contributed by atoms with E-state index in [9.17, 15) is 9.59 Å². The standard InChI is InChI=1S/C23H42N4O2/c1-4-7-9-11-13-15-17-23(6-3,18-16-14-12-10-8-5-2)22(29)25-20-19-24-27-26-21(20)28/h19H,4-18H2,1-3H3,(H,24,26,28)(H,25,27,29). The summed E-state index contributed by atoms with van der Waals surface area (Å²) in [5.74, 6) is -0.0411. The molecule has 0 radical (unpaired) electrons. The summed E-state index contributed by atoms with van der Waals surface area (Å²) in [5, 5.41) is 12.3. The summed E-state index contributed by atoms with van der Waals surface area (Å²) in [7, 11) is 0. The molecule has 0 fully saturated rings. The molecule has 0 spiro atoms. The number of unbranched alkanes of at least 4 members (excludes halogenated alkanes) is 10. The number of H-pyrrole nitrogens is 1. The van der Waals surface area contributed by atoms with Crippen LogP contribution >= 0.6 is 0 Å². The smallest absolute Gasteiger partial charge is 0.290 e. The van der Waals surface area contributed by atoms with Crippen molar-refractivity contribution in [2.75, 3.05) is 5.32 Å². The van der Waals surface area contributed by atoms with Gasteiger partial charge in [-0.15, -0.1) is 5.10 Å². The van der Waals surface area contributed by atoms with Crippen molar-refractivity contribution in [3.8, 4) is 0 Å². The fourth-order valence-electron chi connectivity index (χ4n) is 3.98. The molecule has 0 aromatic carbocycles. The van der Waals surface area contributed by atoms with Crippen molar-refractivity contribution in [3.63, 3.8) is 0 Å². The van der Waals surface area contributed by atoms with Gasteiger partial charge < -0.3 is 5.32 Å². The zero-order valence-corrected chi connectivity index (χ0v) is 18.9. The maximum atomic E-state index is 13.2. The number of rotatable bonds is 17. The van der Waals surface area contributed by atoms with Crippen molar-refractivity contribution >= 4 is 11.6 Å². The number of aromatic amines is 1. The summed E-state index contributed by atoms with van der Waals surface area (Å²) in [4.78, 5) is 25.2. The van der Waals surface area contributed by atoms with Crippen LogP contribution in [-0.4, -0.2) is 21.3 Å². The van der Waals surface area contributed by atoms with Gasteiger partial charge in [-0.1, -0.05) is 103 Å². The second-order valence-corrected chi connectivity index (χ2v) is 8.32. The first-order chi connectivity index (χ1) is 14.1. The van der Waals surface area contributed by atoms with Crippen molar-refractivity contribution < 1.29 is 4.79 Å². The Balaban J connectivity index is 2.71. The molecular formula is C23H42N4O2. The molecule has 166 valence electrons. The van der Waals surface area contributed by atoms with Crippen LogP contribution in [0, 0.1) is 5.41 Å². The zero-order chi connectivity index (χ0) is 21.4.